The number of amides is 1. The molecule has 1 rings (SSSR count). The maximum Gasteiger partial charge on any atom is 0.239 e. The van der Waals surface area contributed by atoms with E-state index in [0.717, 1.165) is 6.54 Å². The Morgan fingerprint density at radius 1 is 1.53 bits per heavy atom. The van der Waals surface area contributed by atoms with E-state index >= 15 is 0 Å². The number of morpholine rings is 1. The third-order valence-corrected chi connectivity index (χ3v) is 3.12. The molecule has 1 aliphatic rings. The number of rotatable bonds is 5. The highest BCUT2D eigenvalue weighted by atomic mass is 32.1. The second-order valence-corrected chi connectivity index (χ2v) is 4.67. The summed E-state index contributed by atoms with van der Waals surface area (Å²) in [5.74, 6) is 0.131. The molecule has 1 heterocycles. The Morgan fingerprint density at radius 2 is 2.12 bits per heavy atom. The summed E-state index contributed by atoms with van der Waals surface area (Å²) in [5, 5.41) is 0. The van der Waals surface area contributed by atoms with Crippen molar-refractivity contribution in [2.45, 2.75) is 19.9 Å². The van der Waals surface area contributed by atoms with Gasteiger partial charge in [0.1, 0.15) is 0 Å². The quantitative estimate of drug-likeness (QED) is 0.695. The topological polar surface area (TPSA) is 58.8 Å². The lowest BCUT2D eigenvalue weighted by Crippen LogP contribution is -2.52. The second kappa shape index (κ2) is 6.88. The number of thiocarbonyl (C=S) groups is 1. The number of carbonyl (C=O) groups is 1. The van der Waals surface area contributed by atoms with Crippen molar-refractivity contribution in [2.24, 2.45) is 5.73 Å². The standard InChI is InChI=1S/C11H21N3O2S/c1-3-13(8-10(12)17)9(2)11(15)14-4-6-16-7-5-14/h9H,3-8H2,1-2H3,(H2,12,17). The molecular weight excluding hydrogens is 238 g/mol. The highest BCUT2D eigenvalue weighted by Crippen LogP contribution is 2.06. The summed E-state index contributed by atoms with van der Waals surface area (Å²) >= 11 is 4.89. The van der Waals surface area contributed by atoms with Crippen LogP contribution in [0, 0.1) is 0 Å². The Morgan fingerprint density at radius 3 is 2.59 bits per heavy atom. The number of carbonyl (C=O) groups excluding carboxylic acids is 1. The molecule has 0 aliphatic carbocycles. The summed E-state index contributed by atoms with van der Waals surface area (Å²) < 4.78 is 5.23. The van der Waals surface area contributed by atoms with Gasteiger partial charge in [-0.15, -0.1) is 0 Å². The molecule has 0 spiro atoms. The molecule has 6 heteroatoms. The maximum absolute atomic E-state index is 12.2. The zero-order valence-electron chi connectivity index (χ0n) is 10.5. The largest absolute Gasteiger partial charge is 0.392 e. The molecule has 1 saturated heterocycles. The van der Waals surface area contributed by atoms with Crippen molar-refractivity contribution in [1.82, 2.24) is 9.80 Å². The van der Waals surface area contributed by atoms with Gasteiger partial charge in [0.25, 0.3) is 0 Å². The first-order valence-electron chi connectivity index (χ1n) is 5.95. The highest BCUT2D eigenvalue weighted by molar-refractivity contribution is 7.80. The van der Waals surface area contributed by atoms with Crippen LogP contribution in [0.25, 0.3) is 0 Å². The molecule has 0 radical (unpaired) electrons. The van der Waals surface area contributed by atoms with Crippen LogP contribution in [-0.4, -0.2) is 66.1 Å². The van der Waals surface area contributed by atoms with Crippen molar-refractivity contribution in [3.63, 3.8) is 0 Å². The molecular formula is C11H21N3O2S. The first-order valence-corrected chi connectivity index (χ1v) is 6.36. The lowest BCUT2D eigenvalue weighted by atomic mass is 10.2. The van der Waals surface area contributed by atoms with Crippen molar-refractivity contribution < 1.29 is 9.53 Å². The van der Waals surface area contributed by atoms with Gasteiger partial charge in [0.15, 0.2) is 0 Å². The second-order valence-electron chi connectivity index (χ2n) is 4.14. The SMILES string of the molecule is CCN(CC(N)=S)C(C)C(=O)N1CCOCC1. The zero-order chi connectivity index (χ0) is 12.8. The molecule has 17 heavy (non-hydrogen) atoms. The minimum atomic E-state index is -0.181. The molecule has 5 nitrogen and oxygen atoms in total. The summed E-state index contributed by atoms with van der Waals surface area (Å²) in [6, 6.07) is -0.181. The molecule has 0 aromatic rings. The Bertz CT molecular complexity index is 280. The number of ether oxygens (including phenoxy) is 1. The van der Waals surface area contributed by atoms with Crippen LogP contribution in [0.1, 0.15) is 13.8 Å². The van der Waals surface area contributed by atoms with Crippen LogP contribution in [0.15, 0.2) is 0 Å². The van der Waals surface area contributed by atoms with Crippen molar-refractivity contribution in [3.8, 4) is 0 Å². The molecule has 1 fully saturated rings. The number of likely N-dealkylation sites (N-methyl/N-ethyl adjacent to an activating group) is 1. The van der Waals surface area contributed by atoms with Crippen LogP contribution in [0.5, 0.6) is 0 Å². The summed E-state index contributed by atoms with van der Waals surface area (Å²) in [6.07, 6.45) is 0. The predicted molar refractivity (Wildman–Crippen MR) is 70.9 cm³/mol. The fourth-order valence-electron chi connectivity index (χ4n) is 1.93. The maximum atomic E-state index is 12.2. The van der Waals surface area contributed by atoms with E-state index in [0.29, 0.717) is 37.8 Å². The summed E-state index contributed by atoms with van der Waals surface area (Å²) in [6.45, 7) is 7.75. The average Bonchev–Trinajstić information content (AvgIpc) is 2.35. The van der Waals surface area contributed by atoms with Crippen LogP contribution in [0.3, 0.4) is 0 Å². The Hall–Kier alpha value is -0.720. The minimum Gasteiger partial charge on any atom is -0.392 e. The molecule has 0 saturated carbocycles. The molecule has 2 N–H and O–H groups in total. The molecule has 1 aliphatic heterocycles. The van der Waals surface area contributed by atoms with E-state index in [1.54, 1.807) is 0 Å². The van der Waals surface area contributed by atoms with Crippen LogP contribution in [-0.2, 0) is 9.53 Å². The van der Waals surface area contributed by atoms with E-state index in [9.17, 15) is 4.79 Å². The van der Waals surface area contributed by atoms with Crippen LogP contribution >= 0.6 is 12.2 Å². The van der Waals surface area contributed by atoms with Gasteiger partial charge in [-0.1, -0.05) is 19.1 Å². The molecule has 1 unspecified atom stereocenters. The molecule has 1 amide bonds. The van der Waals surface area contributed by atoms with Gasteiger partial charge in [-0.25, -0.2) is 0 Å². The zero-order valence-corrected chi connectivity index (χ0v) is 11.3. The molecule has 1 atom stereocenters. The van der Waals surface area contributed by atoms with Gasteiger partial charge in [0, 0.05) is 19.6 Å². The van der Waals surface area contributed by atoms with Gasteiger partial charge in [0.05, 0.1) is 24.2 Å². The molecule has 98 valence electrons. The van der Waals surface area contributed by atoms with Crippen molar-refractivity contribution in [1.29, 1.82) is 0 Å². The van der Waals surface area contributed by atoms with Gasteiger partial charge >= 0.3 is 0 Å². The van der Waals surface area contributed by atoms with Gasteiger partial charge in [0.2, 0.25) is 5.91 Å². The van der Waals surface area contributed by atoms with Crippen LogP contribution in [0.2, 0.25) is 0 Å². The summed E-state index contributed by atoms with van der Waals surface area (Å²) in [7, 11) is 0. The average molecular weight is 259 g/mol. The van der Waals surface area contributed by atoms with Crippen molar-refractivity contribution >= 4 is 23.1 Å². The van der Waals surface area contributed by atoms with Gasteiger partial charge < -0.3 is 15.4 Å². The van der Waals surface area contributed by atoms with E-state index in [2.05, 4.69) is 0 Å². The summed E-state index contributed by atoms with van der Waals surface area (Å²) in [4.78, 5) is 16.5. The number of nitrogens with two attached hydrogens (primary N) is 1. The van der Waals surface area contributed by atoms with Crippen molar-refractivity contribution in [3.05, 3.63) is 0 Å². The molecule has 0 aromatic heterocycles. The first-order chi connectivity index (χ1) is 8.06. The lowest BCUT2D eigenvalue weighted by molar-refractivity contribution is -0.140. The van der Waals surface area contributed by atoms with Crippen molar-refractivity contribution in [2.75, 3.05) is 39.4 Å². The predicted octanol–water partition coefficient (Wildman–Crippen LogP) is -0.158. The smallest absolute Gasteiger partial charge is 0.239 e. The van der Waals surface area contributed by atoms with E-state index in [-0.39, 0.29) is 11.9 Å². The monoisotopic (exact) mass is 259 g/mol. The third kappa shape index (κ3) is 4.22. The number of hydrogen-bond acceptors (Lipinski definition) is 4. The Labute approximate surface area is 108 Å². The third-order valence-electron chi connectivity index (χ3n) is 2.99. The van der Waals surface area contributed by atoms with Gasteiger partial charge in [-0.3, -0.25) is 9.69 Å². The van der Waals surface area contributed by atoms with Crippen LogP contribution in [0.4, 0.5) is 0 Å². The number of nitrogens with zero attached hydrogens (tertiary/aromatic N) is 2. The van der Waals surface area contributed by atoms with E-state index in [1.165, 1.54) is 0 Å². The number of hydrogen-bond donors (Lipinski definition) is 1. The highest BCUT2D eigenvalue weighted by Gasteiger charge is 2.26. The molecule has 0 bridgehead atoms. The van der Waals surface area contributed by atoms with Gasteiger partial charge in [-0.05, 0) is 13.5 Å². The fourth-order valence-corrected chi connectivity index (χ4v) is 2.09. The Balaban J connectivity index is 2.56. The molecule has 0 aromatic carbocycles. The summed E-state index contributed by atoms with van der Waals surface area (Å²) in [5.41, 5.74) is 5.53. The lowest BCUT2D eigenvalue weighted by Gasteiger charge is -2.33. The van der Waals surface area contributed by atoms with E-state index in [4.69, 9.17) is 22.7 Å². The van der Waals surface area contributed by atoms with E-state index in [1.807, 2.05) is 23.6 Å². The first kappa shape index (κ1) is 14.3. The minimum absolute atomic E-state index is 0.131. The van der Waals surface area contributed by atoms with Gasteiger partial charge in [-0.2, -0.15) is 0 Å². The van der Waals surface area contributed by atoms with E-state index < -0.39 is 0 Å². The Kier molecular flexibility index (Phi) is 5.80. The fraction of sp³-hybridized carbons (Fsp3) is 0.818. The normalized spacial score (nSPS) is 18.2. The van der Waals surface area contributed by atoms with Crippen LogP contribution < -0.4 is 5.73 Å².